The maximum atomic E-state index is 11.2. The van der Waals surface area contributed by atoms with E-state index in [1.807, 2.05) is 0 Å². The summed E-state index contributed by atoms with van der Waals surface area (Å²) in [7, 11) is 0. The monoisotopic (exact) mass is 571 g/mol. The maximum Gasteiger partial charge on any atom is 0.320 e. The second kappa shape index (κ2) is 10.3. The highest BCUT2D eigenvalue weighted by molar-refractivity contribution is 5.69. The summed E-state index contributed by atoms with van der Waals surface area (Å²) in [6.07, 6.45) is 5.84. The summed E-state index contributed by atoms with van der Waals surface area (Å²) in [6, 6.07) is 12.2. The molecule has 1 aromatic heterocycles. The lowest BCUT2D eigenvalue weighted by molar-refractivity contribution is 0.0231. The molecule has 0 amide bonds. The van der Waals surface area contributed by atoms with Crippen molar-refractivity contribution in [3.63, 3.8) is 0 Å². The van der Waals surface area contributed by atoms with Gasteiger partial charge in [-0.2, -0.15) is 15.2 Å². The third kappa shape index (κ3) is 4.62. The van der Waals surface area contributed by atoms with Crippen LogP contribution in [0.3, 0.4) is 0 Å². The van der Waals surface area contributed by atoms with Gasteiger partial charge in [-0.1, -0.05) is 24.3 Å². The molecule has 1 unspecified atom stereocenters. The SMILES string of the molecule is N#Cc1c(N2C[C@H]3CC[C@@H](C2)N3)nc(OCC2(CN3CCOCC3)CC2)nc1N1CC2(C1)c1ccccc1CCC2O. The number of morpholine rings is 1. The molecule has 4 aliphatic heterocycles. The summed E-state index contributed by atoms with van der Waals surface area (Å²) in [6.45, 7) is 8.05. The van der Waals surface area contributed by atoms with Crippen molar-refractivity contribution in [2.45, 2.75) is 62.1 Å². The molecule has 10 heteroatoms. The van der Waals surface area contributed by atoms with Crippen molar-refractivity contribution in [1.29, 1.82) is 5.26 Å². The number of anilines is 2. The zero-order valence-electron chi connectivity index (χ0n) is 24.3. The van der Waals surface area contributed by atoms with E-state index in [1.54, 1.807) is 0 Å². The van der Waals surface area contributed by atoms with E-state index in [0.29, 0.717) is 55.0 Å². The summed E-state index contributed by atoms with van der Waals surface area (Å²) >= 11 is 0. The van der Waals surface area contributed by atoms with E-state index in [-0.39, 0.29) is 10.8 Å². The minimum absolute atomic E-state index is 0.139. The first kappa shape index (κ1) is 26.6. The van der Waals surface area contributed by atoms with Gasteiger partial charge in [0.2, 0.25) is 0 Å². The second-order valence-corrected chi connectivity index (χ2v) is 13.6. The molecule has 6 aliphatic rings. The zero-order valence-corrected chi connectivity index (χ0v) is 24.3. The summed E-state index contributed by atoms with van der Waals surface area (Å²) in [5.41, 5.74) is 2.88. The maximum absolute atomic E-state index is 11.2. The molecule has 1 saturated carbocycles. The molecule has 4 saturated heterocycles. The van der Waals surface area contributed by atoms with Crippen molar-refractivity contribution in [3.05, 3.63) is 41.0 Å². The summed E-state index contributed by atoms with van der Waals surface area (Å²) in [4.78, 5) is 16.8. The lowest BCUT2D eigenvalue weighted by Gasteiger charge is -2.56. The number of aliphatic hydroxyl groups is 1. The van der Waals surface area contributed by atoms with E-state index < -0.39 is 6.10 Å². The fourth-order valence-corrected chi connectivity index (χ4v) is 8.12. The highest BCUT2D eigenvalue weighted by Crippen LogP contribution is 2.48. The van der Waals surface area contributed by atoms with Gasteiger partial charge in [-0.15, -0.1) is 0 Å². The number of hydrogen-bond acceptors (Lipinski definition) is 10. The average molecular weight is 572 g/mol. The summed E-state index contributed by atoms with van der Waals surface area (Å²) < 4.78 is 12.0. The number of piperazine rings is 1. The molecule has 5 heterocycles. The molecule has 2 bridgehead atoms. The smallest absolute Gasteiger partial charge is 0.320 e. The Kier molecular flexibility index (Phi) is 6.56. The number of rotatable bonds is 7. The standard InChI is InChI=1S/C32H41N7O3/c33-15-25-28(38-16-23-6-7-24(17-38)34-23)35-30(42-21-31(9-10-31)18-37-11-13-41-14-12-37)36-29(25)39-19-32(20-39)26-4-2-1-3-22(26)5-8-27(32)40/h1-4,23-24,27,34,40H,5-14,16-21H2/t23-,24+,27?. The topological polar surface area (TPSA) is 110 Å². The number of aromatic nitrogens is 2. The number of aryl methyl sites for hydroxylation is 1. The predicted octanol–water partition coefficient (Wildman–Crippen LogP) is 1.85. The van der Waals surface area contributed by atoms with Crippen LogP contribution in [-0.4, -0.2) is 104 Å². The molecule has 0 radical (unpaired) electrons. The number of benzene rings is 1. The minimum atomic E-state index is -0.412. The number of nitriles is 1. The van der Waals surface area contributed by atoms with Crippen LogP contribution in [0.1, 0.15) is 48.8 Å². The van der Waals surface area contributed by atoms with Gasteiger partial charge in [-0.05, 0) is 49.7 Å². The van der Waals surface area contributed by atoms with E-state index >= 15 is 0 Å². The van der Waals surface area contributed by atoms with Crippen LogP contribution in [0.2, 0.25) is 0 Å². The highest BCUT2D eigenvalue weighted by atomic mass is 16.5. The Hall–Kier alpha value is -2.97. The lowest BCUT2D eigenvalue weighted by Crippen LogP contribution is -2.67. The molecule has 2 aromatic rings. The molecule has 1 spiro atoms. The van der Waals surface area contributed by atoms with Gasteiger partial charge in [0.1, 0.15) is 11.6 Å². The normalized spacial score (nSPS) is 29.1. The van der Waals surface area contributed by atoms with Crippen LogP contribution < -0.4 is 19.9 Å². The van der Waals surface area contributed by atoms with Crippen molar-refractivity contribution >= 4 is 11.6 Å². The van der Waals surface area contributed by atoms with Crippen LogP contribution in [0, 0.1) is 16.7 Å². The van der Waals surface area contributed by atoms with Crippen molar-refractivity contribution < 1.29 is 14.6 Å². The molecule has 3 atom stereocenters. The van der Waals surface area contributed by atoms with Crippen molar-refractivity contribution in [1.82, 2.24) is 20.2 Å². The minimum Gasteiger partial charge on any atom is -0.463 e. The molecule has 1 aromatic carbocycles. The van der Waals surface area contributed by atoms with E-state index in [4.69, 9.17) is 19.4 Å². The van der Waals surface area contributed by atoms with Crippen LogP contribution >= 0.6 is 0 Å². The van der Waals surface area contributed by atoms with Crippen LogP contribution in [0.5, 0.6) is 6.01 Å². The van der Waals surface area contributed by atoms with Crippen molar-refractivity contribution in [2.75, 3.05) is 75.4 Å². The molecular weight excluding hydrogens is 530 g/mol. The number of ether oxygens (including phenoxy) is 2. The number of nitrogens with one attached hydrogen (secondary N) is 1. The van der Waals surface area contributed by atoms with Crippen LogP contribution in [0.25, 0.3) is 0 Å². The van der Waals surface area contributed by atoms with Crippen molar-refractivity contribution in [3.8, 4) is 12.1 Å². The van der Waals surface area contributed by atoms with Crippen molar-refractivity contribution in [2.24, 2.45) is 5.41 Å². The Morgan fingerprint density at radius 1 is 1.02 bits per heavy atom. The molecule has 10 nitrogen and oxygen atoms in total. The first-order valence-electron chi connectivity index (χ1n) is 15.8. The van der Waals surface area contributed by atoms with Gasteiger partial charge in [-0.25, -0.2) is 0 Å². The Bertz CT molecular complexity index is 1370. The Morgan fingerprint density at radius 2 is 1.74 bits per heavy atom. The lowest BCUT2D eigenvalue weighted by atomic mass is 9.63. The molecule has 8 rings (SSSR count). The van der Waals surface area contributed by atoms with Gasteiger partial charge in [0.25, 0.3) is 0 Å². The molecule has 2 aliphatic carbocycles. The number of aliphatic hydroxyl groups excluding tert-OH is 1. The number of nitrogens with zero attached hydrogens (tertiary/aromatic N) is 6. The fourth-order valence-electron chi connectivity index (χ4n) is 8.12. The van der Waals surface area contributed by atoms with Gasteiger partial charge in [0, 0.05) is 63.3 Å². The van der Waals surface area contributed by atoms with E-state index in [0.717, 1.165) is 84.5 Å². The summed E-state index contributed by atoms with van der Waals surface area (Å²) in [5, 5.41) is 25.4. The van der Waals surface area contributed by atoms with Gasteiger partial charge in [0.15, 0.2) is 11.6 Å². The zero-order chi connectivity index (χ0) is 28.3. The van der Waals surface area contributed by atoms with E-state index in [9.17, 15) is 10.4 Å². The third-order valence-electron chi connectivity index (χ3n) is 10.7. The van der Waals surface area contributed by atoms with Crippen LogP contribution in [0.15, 0.2) is 24.3 Å². The molecule has 222 valence electrons. The Morgan fingerprint density at radius 3 is 2.45 bits per heavy atom. The van der Waals surface area contributed by atoms with Gasteiger partial charge in [-0.3, -0.25) is 4.90 Å². The Balaban J connectivity index is 1.09. The fraction of sp³-hybridized carbons (Fsp3) is 0.656. The Labute approximate surface area is 247 Å². The first-order chi connectivity index (χ1) is 20.5. The van der Waals surface area contributed by atoms with Gasteiger partial charge >= 0.3 is 6.01 Å². The van der Waals surface area contributed by atoms with E-state index in [1.165, 1.54) is 11.1 Å². The quantitative estimate of drug-likeness (QED) is 0.511. The molecular formula is C32H41N7O3. The average Bonchev–Trinajstić information content (AvgIpc) is 3.68. The highest BCUT2D eigenvalue weighted by Gasteiger charge is 2.53. The molecule has 42 heavy (non-hydrogen) atoms. The van der Waals surface area contributed by atoms with Gasteiger partial charge in [0.05, 0.1) is 31.3 Å². The van der Waals surface area contributed by atoms with Gasteiger partial charge < -0.3 is 29.7 Å². The second-order valence-electron chi connectivity index (χ2n) is 13.6. The van der Waals surface area contributed by atoms with E-state index in [2.05, 4.69) is 50.4 Å². The third-order valence-corrected chi connectivity index (χ3v) is 10.7. The summed E-state index contributed by atoms with van der Waals surface area (Å²) in [5.74, 6) is 1.33. The predicted molar refractivity (Wildman–Crippen MR) is 158 cm³/mol. The number of fused-ring (bicyclic) bond motifs is 4. The molecule has 5 fully saturated rings. The molecule has 2 N–H and O–H groups in total. The largest absolute Gasteiger partial charge is 0.463 e. The van der Waals surface area contributed by atoms with Crippen LogP contribution in [0.4, 0.5) is 11.6 Å². The first-order valence-corrected chi connectivity index (χ1v) is 15.8. The van der Waals surface area contributed by atoms with Crippen LogP contribution in [-0.2, 0) is 16.6 Å². The number of hydrogen-bond donors (Lipinski definition) is 2.